The maximum Gasteiger partial charge on any atom is 0.460 e. The predicted octanol–water partition coefficient (Wildman–Crippen LogP) is 4.02. The molecule has 130 valence electrons. The number of aromatic carboxylic acids is 1. The van der Waals surface area contributed by atoms with E-state index in [-0.39, 0.29) is 18.2 Å². The molecule has 0 aromatic heterocycles. The first-order valence-electron chi connectivity index (χ1n) is 5.34. The average molecular weight is 356 g/mol. The fourth-order valence-electron chi connectivity index (χ4n) is 1.46. The van der Waals surface area contributed by atoms with Crippen molar-refractivity contribution in [2.45, 2.75) is 23.9 Å². The van der Waals surface area contributed by atoms with Crippen molar-refractivity contribution in [1.82, 2.24) is 0 Å². The van der Waals surface area contributed by atoms with E-state index in [9.17, 15) is 44.3 Å². The largest absolute Gasteiger partial charge is 0.507 e. The molecule has 0 unspecified atom stereocenters. The Kier molecular flexibility index (Phi) is 4.27. The molecule has 0 aliphatic heterocycles. The van der Waals surface area contributed by atoms with Gasteiger partial charge in [0.15, 0.2) is 0 Å². The van der Waals surface area contributed by atoms with Crippen LogP contribution in [0.3, 0.4) is 0 Å². The Morgan fingerprint density at radius 2 is 1.35 bits per heavy atom. The molecule has 0 spiro atoms. The van der Waals surface area contributed by atoms with Gasteiger partial charge < -0.3 is 10.2 Å². The Morgan fingerprint density at radius 1 is 0.870 bits per heavy atom. The van der Waals surface area contributed by atoms with Crippen LogP contribution >= 0.6 is 0 Å². The molecule has 0 bridgehead atoms. The zero-order valence-corrected chi connectivity index (χ0v) is 10.4. The van der Waals surface area contributed by atoms with Gasteiger partial charge in [-0.1, -0.05) is 6.07 Å². The third-order valence-electron chi connectivity index (χ3n) is 2.74. The van der Waals surface area contributed by atoms with E-state index in [1.54, 1.807) is 0 Å². The zero-order valence-electron chi connectivity index (χ0n) is 10.4. The van der Waals surface area contributed by atoms with E-state index in [1.807, 2.05) is 0 Å². The summed E-state index contributed by atoms with van der Waals surface area (Å²) in [6.45, 7) is 0. The third kappa shape index (κ3) is 2.77. The van der Waals surface area contributed by atoms with Gasteiger partial charge in [0.05, 0.1) is 0 Å². The van der Waals surface area contributed by atoms with Gasteiger partial charge in [0, 0.05) is 5.56 Å². The number of halogens is 9. The van der Waals surface area contributed by atoms with Gasteiger partial charge in [0.25, 0.3) is 0 Å². The quantitative estimate of drug-likeness (QED) is 0.802. The van der Waals surface area contributed by atoms with Gasteiger partial charge in [-0.3, -0.25) is 0 Å². The molecule has 0 saturated carbocycles. The minimum Gasteiger partial charge on any atom is -0.507 e. The smallest absolute Gasteiger partial charge is 0.460 e. The molecule has 3 nitrogen and oxygen atoms in total. The van der Waals surface area contributed by atoms with Gasteiger partial charge in [-0.25, -0.2) is 4.79 Å². The van der Waals surface area contributed by atoms with Crippen LogP contribution in [0.5, 0.6) is 5.75 Å². The number of hydrogen-bond donors (Lipinski definition) is 2. The van der Waals surface area contributed by atoms with E-state index in [0.29, 0.717) is 0 Å². The van der Waals surface area contributed by atoms with Gasteiger partial charge in [0.2, 0.25) is 0 Å². The molecule has 0 fully saturated rings. The summed E-state index contributed by atoms with van der Waals surface area (Å²) in [6.07, 6.45) is -6.97. The lowest BCUT2D eigenvalue weighted by Crippen LogP contribution is -2.59. The lowest BCUT2D eigenvalue weighted by molar-refractivity contribution is -0.399. The number of carboxylic acid groups (broad SMARTS) is 1. The molecule has 1 aromatic rings. The van der Waals surface area contributed by atoms with Crippen LogP contribution < -0.4 is 0 Å². The Morgan fingerprint density at radius 3 is 1.70 bits per heavy atom. The zero-order chi connectivity index (χ0) is 18.4. The van der Waals surface area contributed by atoms with Crippen LogP contribution in [0, 0.1) is 0 Å². The second-order valence-electron chi connectivity index (χ2n) is 4.26. The van der Waals surface area contributed by atoms with Crippen molar-refractivity contribution in [2.75, 3.05) is 0 Å². The number of phenols is 1. The molecular weight excluding hydrogens is 351 g/mol. The van der Waals surface area contributed by atoms with Crippen LogP contribution in [0.2, 0.25) is 0 Å². The molecule has 0 aliphatic rings. The van der Waals surface area contributed by atoms with Gasteiger partial charge in [0.1, 0.15) is 11.3 Å². The summed E-state index contributed by atoms with van der Waals surface area (Å²) < 4.78 is 114. The Bertz CT molecular complexity index is 622. The molecule has 0 radical (unpaired) electrons. The van der Waals surface area contributed by atoms with Crippen molar-refractivity contribution in [2.24, 2.45) is 0 Å². The highest BCUT2D eigenvalue weighted by molar-refractivity contribution is 5.90. The van der Waals surface area contributed by atoms with E-state index in [2.05, 4.69) is 0 Å². The molecule has 0 amide bonds. The van der Waals surface area contributed by atoms with Gasteiger partial charge in [-0.15, -0.1) is 0 Å². The summed E-state index contributed by atoms with van der Waals surface area (Å²) in [6, 6.07) is -0.282. The summed E-state index contributed by atoms with van der Waals surface area (Å²) in [5.41, 5.74) is -3.16. The molecule has 2 N–H and O–H groups in total. The minimum atomic E-state index is -7.08. The van der Waals surface area contributed by atoms with Gasteiger partial charge in [-0.2, -0.15) is 39.5 Å². The van der Waals surface area contributed by atoms with Crippen molar-refractivity contribution >= 4 is 5.97 Å². The molecule has 1 aromatic carbocycles. The van der Waals surface area contributed by atoms with Gasteiger partial charge >= 0.3 is 29.9 Å². The number of aromatic hydroxyl groups is 1. The highest BCUT2D eigenvalue weighted by atomic mass is 19.4. The number of benzene rings is 1. The highest BCUT2D eigenvalue weighted by Gasteiger charge is 2.82. The Labute approximate surface area is 120 Å². The van der Waals surface area contributed by atoms with E-state index in [4.69, 9.17) is 10.2 Å². The Balaban J connectivity index is 3.46. The number of hydrogen-bond acceptors (Lipinski definition) is 2. The van der Waals surface area contributed by atoms with Crippen LogP contribution in [0.15, 0.2) is 18.2 Å². The first-order valence-corrected chi connectivity index (χ1v) is 5.34. The molecule has 0 heterocycles. The second kappa shape index (κ2) is 5.20. The third-order valence-corrected chi connectivity index (χ3v) is 2.74. The van der Waals surface area contributed by atoms with E-state index >= 15 is 0 Å². The molecule has 1 rings (SSSR count). The minimum absolute atomic E-state index is 0.108. The van der Waals surface area contributed by atoms with Crippen LogP contribution in [-0.4, -0.2) is 34.2 Å². The number of carbonyl (C=O) groups is 1. The molecule has 0 atom stereocenters. The number of rotatable bonds is 4. The number of alkyl halides is 9. The maximum atomic E-state index is 13.5. The van der Waals surface area contributed by atoms with Crippen molar-refractivity contribution in [3.8, 4) is 5.75 Å². The van der Waals surface area contributed by atoms with Crippen LogP contribution in [-0.2, 0) is 5.92 Å². The lowest BCUT2D eigenvalue weighted by atomic mass is 9.95. The molecule has 0 aliphatic carbocycles. The summed E-state index contributed by atoms with van der Waals surface area (Å²) >= 11 is 0. The van der Waals surface area contributed by atoms with Crippen molar-refractivity contribution in [3.63, 3.8) is 0 Å². The summed E-state index contributed by atoms with van der Waals surface area (Å²) in [5.74, 6) is -23.4. The van der Waals surface area contributed by atoms with E-state index < -0.39 is 46.8 Å². The van der Waals surface area contributed by atoms with Crippen LogP contribution in [0.4, 0.5) is 39.5 Å². The topological polar surface area (TPSA) is 57.5 Å². The molecule has 12 heteroatoms. The fourth-order valence-corrected chi connectivity index (χ4v) is 1.46. The monoisotopic (exact) mass is 356 g/mol. The fraction of sp³-hybridized carbons (Fsp3) is 0.364. The van der Waals surface area contributed by atoms with E-state index in [1.165, 1.54) is 0 Å². The van der Waals surface area contributed by atoms with E-state index in [0.717, 1.165) is 0 Å². The van der Waals surface area contributed by atoms with Crippen molar-refractivity contribution in [3.05, 3.63) is 29.3 Å². The summed E-state index contributed by atoms with van der Waals surface area (Å²) in [7, 11) is 0. The van der Waals surface area contributed by atoms with Crippen molar-refractivity contribution < 1.29 is 54.5 Å². The molecule has 23 heavy (non-hydrogen) atoms. The van der Waals surface area contributed by atoms with Gasteiger partial charge in [-0.05, 0) is 12.1 Å². The molecule has 0 saturated heterocycles. The van der Waals surface area contributed by atoms with Crippen molar-refractivity contribution in [1.29, 1.82) is 0 Å². The SMILES string of the molecule is O=C(O)c1ccc(C(F)(F)C(F)(F)C(F)(F)C(F)(F)F)cc1O. The molecular formula is C11H5F9O3. The standard InChI is InChI=1S/C11H5F9O3/c12-8(13,9(14,15)10(16,17)11(18,19)20)4-1-2-5(7(22)23)6(21)3-4/h1-3,21H,(H,22,23). The average Bonchev–Trinajstić information content (AvgIpc) is 2.36. The Hall–Kier alpha value is -2.14. The first-order chi connectivity index (χ1) is 10.1. The normalized spacial score (nSPS) is 14.0. The highest BCUT2D eigenvalue weighted by Crippen LogP contribution is 2.56. The summed E-state index contributed by atoms with van der Waals surface area (Å²) in [5, 5.41) is 17.6. The number of carboxylic acids is 1. The summed E-state index contributed by atoms with van der Waals surface area (Å²) in [4.78, 5) is 10.5. The van der Waals surface area contributed by atoms with Crippen LogP contribution in [0.25, 0.3) is 0 Å². The second-order valence-corrected chi connectivity index (χ2v) is 4.26. The lowest BCUT2D eigenvalue weighted by Gasteiger charge is -2.33. The predicted molar refractivity (Wildman–Crippen MR) is 54.9 cm³/mol. The van der Waals surface area contributed by atoms with Crippen LogP contribution in [0.1, 0.15) is 15.9 Å². The first kappa shape index (κ1) is 18.9. The maximum absolute atomic E-state index is 13.5.